The first-order chi connectivity index (χ1) is 10.5. The lowest BCUT2D eigenvalue weighted by Gasteiger charge is -2.05. The molecule has 8 heteroatoms. The summed E-state index contributed by atoms with van der Waals surface area (Å²) in [6.07, 6.45) is -0.875. The van der Waals surface area contributed by atoms with Crippen molar-refractivity contribution in [2.75, 3.05) is 0 Å². The van der Waals surface area contributed by atoms with E-state index in [4.69, 9.17) is 8.94 Å². The molecule has 0 aliphatic carbocycles. The summed E-state index contributed by atoms with van der Waals surface area (Å²) in [6, 6.07) is 5.87. The summed E-state index contributed by atoms with van der Waals surface area (Å²) in [5.41, 5.74) is -0.790. The maximum Gasteiger partial charge on any atom is 0.433 e. The maximum atomic E-state index is 12.6. The van der Waals surface area contributed by atoms with Crippen LogP contribution in [-0.2, 0) is 19.0 Å². The van der Waals surface area contributed by atoms with Gasteiger partial charge in [-0.15, -0.1) is 0 Å². The smallest absolute Gasteiger partial charge is 0.433 e. The number of pyridine rings is 1. The number of halogens is 3. The lowest BCUT2D eigenvalue weighted by atomic mass is 10.2. The average molecular weight is 309 g/mol. The van der Waals surface area contributed by atoms with Gasteiger partial charge < -0.3 is 8.94 Å². The summed E-state index contributed by atoms with van der Waals surface area (Å²) in [6.45, 7) is 0. The number of aryl methyl sites for hydroxylation is 2. The quantitative estimate of drug-likeness (QED) is 0.737. The van der Waals surface area contributed by atoms with E-state index in [0.29, 0.717) is 18.7 Å². The van der Waals surface area contributed by atoms with E-state index in [1.165, 1.54) is 6.07 Å². The summed E-state index contributed by atoms with van der Waals surface area (Å²) in [5, 5.41) is 3.70. The molecule has 114 valence electrons. The van der Waals surface area contributed by atoms with Crippen molar-refractivity contribution in [1.29, 1.82) is 0 Å². The van der Waals surface area contributed by atoms with Gasteiger partial charge in [0.05, 0.1) is 6.26 Å². The summed E-state index contributed by atoms with van der Waals surface area (Å²) < 4.78 is 48.1. The second-order valence-electron chi connectivity index (χ2n) is 4.52. The van der Waals surface area contributed by atoms with Gasteiger partial charge >= 0.3 is 6.18 Å². The van der Waals surface area contributed by atoms with Crippen LogP contribution in [0.4, 0.5) is 13.2 Å². The summed E-state index contributed by atoms with van der Waals surface area (Å²) in [4.78, 5) is 7.38. The lowest BCUT2D eigenvalue weighted by Crippen LogP contribution is -2.07. The Kier molecular flexibility index (Phi) is 3.66. The van der Waals surface area contributed by atoms with E-state index in [-0.39, 0.29) is 11.4 Å². The predicted octanol–water partition coefficient (Wildman–Crippen LogP) is 3.53. The van der Waals surface area contributed by atoms with Gasteiger partial charge in [-0.1, -0.05) is 5.16 Å². The maximum absolute atomic E-state index is 12.6. The van der Waals surface area contributed by atoms with Crippen LogP contribution in [0.25, 0.3) is 11.4 Å². The molecule has 5 nitrogen and oxygen atoms in total. The highest BCUT2D eigenvalue weighted by molar-refractivity contribution is 5.54. The third-order valence-corrected chi connectivity index (χ3v) is 2.94. The van der Waals surface area contributed by atoms with Gasteiger partial charge in [0, 0.05) is 24.6 Å². The Bertz CT molecular complexity index is 751. The molecule has 0 aliphatic heterocycles. The van der Waals surface area contributed by atoms with Crippen LogP contribution in [-0.4, -0.2) is 15.1 Å². The second-order valence-corrected chi connectivity index (χ2v) is 4.52. The Morgan fingerprint density at radius 3 is 2.73 bits per heavy atom. The van der Waals surface area contributed by atoms with Crippen LogP contribution in [0.2, 0.25) is 0 Å². The molecule has 0 atom stereocenters. The minimum Gasteiger partial charge on any atom is -0.469 e. The molecule has 0 saturated carbocycles. The average Bonchev–Trinajstić information content (AvgIpc) is 3.16. The molecular formula is C14H10F3N3O2. The van der Waals surface area contributed by atoms with Gasteiger partial charge in [-0.25, -0.2) is 0 Å². The van der Waals surface area contributed by atoms with Crippen molar-refractivity contribution in [3.05, 3.63) is 54.1 Å². The van der Waals surface area contributed by atoms with Crippen LogP contribution >= 0.6 is 0 Å². The third kappa shape index (κ3) is 3.16. The Morgan fingerprint density at radius 2 is 2.00 bits per heavy atom. The highest BCUT2D eigenvalue weighted by atomic mass is 19.4. The summed E-state index contributed by atoms with van der Waals surface area (Å²) >= 11 is 0. The molecule has 3 heterocycles. The zero-order chi connectivity index (χ0) is 15.6. The molecule has 22 heavy (non-hydrogen) atoms. The fraction of sp³-hybridized carbons (Fsp3) is 0.214. The molecular weight excluding hydrogens is 299 g/mol. The molecule has 3 rings (SSSR count). The van der Waals surface area contributed by atoms with Crippen molar-refractivity contribution < 1.29 is 22.1 Å². The zero-order valence-electron chi connectivity index (χ0n) is 11.2. The fourth-order valence-corrected chi connectivity index (χ4v) is 1.88. The summed E-state index contributed by atoms with van der Waals surface area (Å²) in [7, 11) is 0. The van der Waals surface area contributed by atoms with E-state index in [2.05, 4.69) is 15.1 Å². The SMILES string of the molecule is FC(F)(F)c1cc(-c2noc(CCc3ccco3)n2)ccn1. The number of aromatic nitrogens is 3. The van der Waals surface area contributed by atoms with E-state index >= 15 is 0 Å². The number of hydrogen-bond donors (Lipinski definition) is 0. The molecule has 0 radical (unpaired) electrons. The molecule has 3 aromatic heterocycles. The topological polar surface area (TPSA) is 65.0 Å². The number of nitrogens with zero attached hydrogens (tertiary/aromatic N) is 3. The summed E-state index contributed by atoms with van der Waals surface area (Å²) in [5.74, 6) is 1.20. The van der Waals surface area contributed by atoms with Crippen molar-refractivity contribution in [3.63, 3.8) is 0 Å². The van der Waals surface area contributed by atoms with Crippen molar-refractivity contribution >= 4 is 0 Å². The molecule has 0 bridgehead atoms. The normalized spacial score (nSPS) is 11.8. The van der Waals surface area contributed by atoms with E-state index in [9.17, 15) is 13.2 Å². The first-order valence-corrected chi connectivity index (χ1v) is 6.41. The minimum atomic E-state index is -4.51. The van der Waals surface area contributed by atoms with Crippen molar-refractivity contribution in [2.45, 2.75) is 19.0 Å². The predicted molar refractivity (Wildman–Crippen MR) is 68.6 cm³/mol. The lowest BCUT2D eigenvalue weighted by molar-refractivity contribution is -0.141. The second kappa shape index (κ2) is 5.63. The van der Waals surface area contributed by atoms with Crippen LogP contribution in [0, 0.1) is 0 Å². The zero-order valence-corrected chi connectivity index (χ0v) is 11.2. The van der Waals surface area contributed by atoms with E-state index < -0.39 is 11.9 Å². The molecule has 0 fully saturated rings. The Morgan fingerprint density at radius 1 is 1.14 bits per heavy atom. The Hall–Kier alpha value is -2.64. The third-order valence-electron chi connectivity index (χ3n) is 2.94. The molecule has 0 aliphatic rings. The van der Waals surface area contributed by atoms with Gasteiger partial charge in [0.25, 0.3) is 0 Å². The highest BCUT2D eigenvalue weighted by Crippen LogP contribution is 2.29. The van der Waals surface area contributed by atoms with Crippen LogP contribution in [0.1, 0.15) is 17.3 Å². The largest absolute Gasteiger partial charge is 0.469 e. The van der Waals surface area contributed by atoms with Crippen molar-refractivity contribution in [3.8, 4) is 11.4 Å². The van der Waals surface area contributed by atoms with Gasteiger partial charge in [0.2, 0.25) is 11.7 Å². The fourth-order valence-electron chi connectivity index (χ4n) is 1.88. The standard InChI is InChI=1S/C14H10F3N3O2/c15-14(16,17)11-8-9(5-6-18-11)13-19-12(22-20-13)4-3-10-2-1-7-21-10/h1-2,5-8H,3-4H2. The van der Waals surface area contributed by atoms with E-state index in [0.717, 1.165) is 18.0 Å². The van der Waals surface area contributed by atoms with Crippen molar-refractivity contribution in [2.24, 2.45) is 0 Å². The Labute approximate surface area is 122 Å². The van der Waals surface area contributed by atoms with Crippen LogP contribution < -0.4 is 0 Å². The molecule has 0 spiro atoms. The molecule has 0 aromatic carbocycles. The van der Waals surface area contributed by atoms with Crippen LogP contribution in [0.15, 0.2) is 45.7 Å². The number of hydrogen-bond acceptors (Lipinski definition) is 5. The number of alkyl halides is 3. The first-order valence-electron chi connectivity index (χ1n) is 6.41. The molecule has 0 unspecified atom stereocenters. The van der Waals surface area contributed by atoms with E-state index in [1.807, 2.05) is 6.07 Å². The van der Waals surface area contributed by atoms with Gasteiger partial charge in [0.15, 0.2) is 0 Å². The van der Waals surface area contributed by atoms with Crippen LogP contribution in [0.3, 0.4) is 0 Å². The molecule has 0 N–H and O–H groups in total. The molecule has 0 amide bonds. The Balaban J connectivity index is 1.76. The molecule has 3 aromatic rings. The number of rotatable bonds is 4. The van der Waals surface area contributed by atoms with Gasteiger partial charge in [-0.3, -0.25) is 4.98 Å². The monoisotopic (exact) mass is 309 g/mol. The van der Waals surface area contributed by atoms with E-state index in [1.54, 1.807) is 12.3 Å². The van der Waals surface area contributed by atoms with Crippen LogP contribution in [0.5, 0.6) is 0 Å². The van der Waals surface area contributed by atoms with Gasteiger partial charge in [-0.2, -0.15) is 18.2 Å². The van der Waals surface area contributed by atoms with Crippen molar-refractivity contribution in [1.82, 2.24) is 15.1 Å². The first kappa shape index (κ1) is 14.3. The molecule has 0 saturated heterocycles. The highest BCUT2D eigenvalue weighted by Gasteiger charge is 2.32. The minimum absolute atomic E-state index is 0.0994. The van der Waals surface area contributed by atoms with Gasteiger partial charge in [-0.05, 0) is 24.3 Å². The van der Waals surface area contributed by atoms with Gasteiger partial charge in [0.1, 0.15) is 11.5 Å². The number of furan rings is 1.